The zero-order valence-corrected chi connectivity index (χ0v) is 19.9. The number of aryl methyl sites for hydroxylation is 3. The molecule has 0 aliphatic rings. The third-order valence-electron chi connectivity index (χ3n) is 5.17. The van der Waals surface area contributed by atoms with Gasteiger partial charge in [0.15, 0.2) is 6.61 Å². The van der Waals surface area contributed by atoms with Gasteiger partial charge in [-0.1, -0.05) is 16.8 Å². The maximum atomic E-state index is 13.2. The molecule has 8 nitrogen and oxygen atoms in total. The first-order valence-electron chi connectivity index (χ1n) is 10.4. The van der Waals surface area contributed by atoms with Gasteiger partial charge in [0, 0.05) is 19.7 Å². The highest BCUT2D eigenvalue weighted by Gasteiger charge is 2.17. The summed E-state index contributed by atoms with van der Waals surface area (Å²) in [6.45, 7) is 1.95. The molecule has 0 unspecified atom stereocenters. The van der Waals surface area contributed by atoms with Gasteiger partial charge in [0.05, 0.1) is 35.3 Å². The van der Waals surface area contributed by atoms with E-state index in [2.05, 4.69) is 15.4 Å². The number of hydrogen-bond donors (Lipinski definition) is 0. The van der Waals surface area contributed by atoms with Crippen molar-refractivity contribution >= 4 is 17.8 Å². The number of methoxy groups -OCH3 is 1. The van der Waals surface area contributed by atoms with E-state index in [1.807, 2.05) is 31.2 Å². The number of aromatic nitrogens is 4. The Labute approximate surface area is 201 Å². The second-order valence-corrected chi connectivity index (χ2v) is 7.83. The molecule has 2 aromatic heterocycles. The van der Waals surface area contributed by atoms with Crippen molar-refractivity contribution in [2.45, 2.75) is 13.5 Å². The van der Waals surface area contributed by atoms with Gasteiger partial charge in [0.2, 0.25) is 5.88 Å². The van der Waals surface area contributed by atoms with Crippen molar-refractivity contribution in [2.75, 3.05) is 7.11 Å². The SMILES string of the molecule is COc1ccc(Oc2c(/C=N\OCc3c(Cl)c(-c4ccc(F)cc4)nn3C)c(C)nn2C)cc1. The van der Waals surface area contributed by atoms with E-state index in [0.29, 0.717) is 39.2 Å². The molecule has 4 rings (SSSR count). The molecule has 0 aliphatic heterocycles. The van der Waals surface area contributed by atoms with Crippen molar-refractivity contribution in [3.63, 3.8) is 0 Å². The van der Waals surface area contributed by atoms with Crippen LogP contribution in [0.15, 0.2) is 53.7 Å². The number of nitrogens with zero attached hydrogens (tertiary/aromatic N) is 5. The monoisotopic (exact) mass is 483 g/mol. The number of benzene rings is 2. The van der Waals surface area contributed by atoms with Gasteiger partial charge >= 0.3 is 0 Å². The summed E-state index contributed by atoms with van der Waals surface area (Å²) in [4.78, 5) is 5.51. The van der Waals surface area contributed by atoms with Gasteiger partial charge in [-0.3, -0.25) is 4.68 Å². The molecule has 0 spiro atoms. The molecule has 0 bridgehead atoms. The second kappa shape index (κ2) is 9.96. The minimum Gasteiger partial charge on any atom is -0.497 e. The van der Waals surface area contributed by atoms with E-state index in [1.54, 1.807) is 48.9 Å². The molecule has 0 N–H and O–H groups in total. The smallest absolute Gasteiger partial charge is 0.226 e. The minimum absolute atomic E-state index is 0.0913. The van der Waals surface area contributed by atoms with Crippen LogP contribution in [0.4, 0.5) is 4.39 Å². The largest absolute Gasteiger partial charge is 0.497 e. The lowest BCUT2D eigenvalue weighted by Crippen LogP contribution is -2.00. The molecule has 0 aliphatic carbocycles. The molecular weight excluding hydrogens is 461 g/mol. The van der Waals surface area contributed by atoms with E-state index >= 15 is 0 Å². The van der Waals surface area contributed by atoms with Crippen LogP contribution < -0.4 is 9.47 Å². The fraction of sp³-hybridized carbons (Fsp3) is 0.208. The van der Waals surface area contributed by atoms with Crippen LogP contribution in [-0.2, 0) is 25.5 Å². The molecule has 0 saturated carbocycles. The summed E-state index contributed by atoms with van der Waals surface area (Å²) in [5.41, 5.74) is 3.31. The van der Waals surface area contributed by atoms with Gasteiger partial charge in [0.1, 0.15) is 23.0 Å². The first kappa shape index (κ1) is 23.3. The molecule has 34 heavy (non-hydrogen) atoms. The summed E-state index contributed by atoms with van der Waals surface area (Å²) in [7, 11) is 5.15. The predicted molar refractivity (Wildman–Crippen MR) is 127 cm³/mol. The summed E-state index contributed by atoms with van der Waals surface area (Å²) in [6, 6.07) is 13.2. The fourth-order valence-corrected chi connectivity index (χ4v) is 3.67. The molecule has 0 saturated heterocycles. The van der Waals surface area contributed by atoms with Gasteiger partial charge in [-0.2, -0.15) is 10.2 Å². The standard InChI is InChI=1S/C24H23ClFN5O3/c1-15-20(24(31(3)28-15)34-19-11-9-18(32-4)10-12-19)13-27-33-14-21-22(25)23(29-30(21)2)16-5-7-17(26)8-6-16/h5-13H,14H2,1-4H3/b27-13-. The van der Waals surface area contributed by atoms with Gasteiger partial charge in [0.25, 0.3) is 0 Å². The van der Waals surface area contributed by atoms with Crippen LogP contribution >= 0.6 is 11.6 Å². The Bertz CT molecular complexity index is 1310. The number of rotatable bonds is 8. The van der Waals surface area contributed by atoms with E-state index < -0.39 is 0 Å². The molecule has 2 aromatic carbocycles. The zero-order chi connectivity index (χ0) is 24.2. The molecule has 10 heteroatoms. The average Bonchev–Trinajstić information content (AvgIpc) is 3.26. The second-order valence-electron chi connectivity index (χ2n) is 7.45. The fourth-order valence-electron chi connectivity index (χ4n) is 3.35. The predicted octanol–water partition coefficient (Wildman–Crippen LogP) is 5.27. The lowest BCUT2D eigenvalue weighted by molar-refractivity contribution is 0.126. The number of oxime groups is 1. The Morgan fingerprint density at radius 2 is 1.68 bits per heavy atom. The summed E-state index contributed by atoms with van der Waals surface area (Å²) < 4.78 is 27.7. The summed E-state index contributed by atoms with van der Waals surface area (Å²) >= 11 is 6.51. The first-order chi connectivity index (χ1) is 16.4. The quantitative estimate of drug-likeness (QED) is 0.252. The Hall–Kier alpha value is -3.85. The van der Waals surface area contributed by atoms with Crippen molar-refractivity contribution in [1.82, 2.24) is 19.6 Å². The van der Waals surface area contributed by atoms with Gasteiger partial charge in [-0.25, -0.2) is 9.07 Å². The topological polar surface area (TPSA) is 75.7 Å². The van der Waals surface area contributed by atoms with E-state index in [-0.39, 0.29) is 12.4 Å². The number of hydrogen-bond acceptors (Lipinski definition) is 6. The number of halogens is 2. The van der Waals surface area contributed by atoms with Crippen LogP contribution in [0.2, 0.25) is 5.02 Å². The molecule has 2 heterocycles. The average molecular weight is 484 g/mol. The van der Waals surface area contributed by atoms with E-state index in [9.17, 15) is 4.39 Å². The maximum Gasteiger partial charge on any atom is 0.226 e. The van der Waals surface area contributed by atoms with Crippen LogP contribution in [0, 0.1) is 12.7 Å². The highest BCUT2D eigenvalue weighted by Crippen LogP contribution is 2.31. The molecular formula is C24H23ClFN5O3. The first-order valence-corrected chi connectivity index (χ1v) is 10.7. The lowest BCUT2D eigenvalue weighted by Gasteiger charge is -2.08. The Morgan fingerprint density at radius 3 is 2.35 bits per heavy atom. The van der Waals surface area contributed by atoms with Gasteiger partial charge < -0.3 is 14.3 Å². The van der Waals surface area contributed by atoms with Crippen molar-refractivity contribution in [3.8, 4) is 28.6 Å². The van der Waals surface area contributed by atoms with Crippen molar-refractivity contribution < 1.29 is 18.7 Å². The Balaban J connectivity index is 1.48. The summed E-state index contributed by atoms with van der Waals surface area (Å²) in [6.07, 6.45) is 1.55. The van der Waals surface area contributed by atoms with Crippen LogP contribution in [-0.4, -0.2) is 32.9 Å². The van der Waals surface area contributed by atoms with Gasteiger partial charge in [-0.05, 0) is 55.5 Å². The highest BCUT2D eigenvalue weighted by molar-refractivity contribution is 6.33. The summed E-state index contributed by atoms with van der Waals surface area (Å²) in [5, 5.41) is 13.3. The Kier molecular flexibility index (Phi) is 6.83. The van der Waals surface area contributed by atoms with Crippen LogP contribution in [0.3, 0.4) is 0 Å². The van der Waals surface area contributed by atoms with Crippen LogP contribution in [0.1, 0.15) is 17.0 Å². The number of ether oxygens (including phenoxy) is 2. The summed E-state index contributed by atoms with van der Waals surface area (Å²) in [5.74, 6) is 1.57. The molecule has 4 aromatic rings. The van der Waals surface area contributed by atoms with Crippen molar-refractivity contribution in [2.24, 2.45) is 19.3 Å². The van der Waals surface area contributed by atoms with Crippen LogP contribution in [0.5, 0.6) is 17.4 Å². The van der Waals surface area contributed by atoms with E-state index in [0.717, 1.165) is 11.4 Å². The minimum atomic E-state index is -0.324. The molecule has 0 atom stereocenters. The molecule has 176 valence electrons. The normalized spacial score (nSPS) is 11.2. The Morgan fingerprint density at radius 1 is 1.00 bits per heavy atom. The highest BCUT2D eigenvalue weighted by atomic mass is 35.5. The third-order valence-corrected chi connectivity index (χ3v) is 5.56. The molecule has 0 radical (unpaired) electrons. The maximum absolute atomic E-state index is 13.2. The van der Waals surface area contributed by atoms with Gasteiger partial charge in [-0.15, -0.1) is 0 Å². The van der Waals surface area contributed by atoms with Crippen molar-refractivity contribution in [3.05, 3.63) is 76.3 Å². The van der Waals surface area contributed by atoms with E-state index in [4.69, 9.17) is 25.9 Å². The third kappa shape index (κ3) is 4.89. The molecule has 0 amide bonds. The lowest BCUT2D eigenvalue weighted by atomic mass is 10.1. The van der Waals surface area contributed by atoms with Crippen molar-refractivity contribution in [1.29, 1.82) is 0 Å². The zero-order valence-electron chi connectivity index (χ0n) is 19.1. The molecule has 0 fully saturated rings. The van der Waals surface area contributed by atoms with E-state index in [1.165, 1.54) is 12.1 Å². The van der Waals surface area contributed by atoms with Crippen LogP contribution in [0.25, 0.3) is 11.3 Å².